The molecule has 0 heterocycles. The van der Waals surface area contributed by atoms with Crippen LogP contribution < -0.4 is 79.0 Å². The van der Waals surface area contributed by atoms with E-state index in [1.807, 2.05) is 26.4 Å². The third-order valence-corrected chi connectivity index (χ3v) is 24.3. The van der Waals surface area contributed by atoms with E-state index >= 15 is 0 Å². The van der Waals surface area contributed by atoms with Gasteiger partial charge in [-0.05, 0) is 218 Å². The quantitative estimate of drug-likeness (QED) is 0.0271. The Morgan fingerprint density at radius 1 is 0.421 bits per heavy atom. The van der Waals surface area contributed by atoms with Crippen molar-refractivity contribution < 1.29 is 78.1 Å². The summed E-state index contributed by atoms with van der Waals surface area (Å²) in [4.78, 5) is 0. The Bertz CT molecular complexity index is 3510. The second kappa shape index (κ2) is 51.4. The Morgan fingerprint density at radius 2 is 0.748 bits per heavy atom. The molecule has 0 saturated heterocycles. The Hall–Kier alpha value is -4.31. The summed E-state index contributed by atoms with van der Waals surface area (Å²) >= 11 is 2.39. The first-order chi connectivity index (χ1) is 49.5. The molecule has 2 saturated carbocycles. The van der Waals surface area contributed by atoms with Crippen LogP contribution in [0.4, 0.5) is 4.39 Å². The van der Waals surface area contributed by atoms with Gasteiger partial charge in [0, 0.05) is 22.5 Å². The molecule has 0 aromatic heterocycles. The van der Waals surface area contributed by atoms with Gasteiger partial charge in [-0.2, -0.15) is 41.3 Å². The maximum absolute atomic E-state index is 12.8. The first-order valence-electron chi connectivity index (χ1n) is 38.5. The van der Waals surface area contributed by atoms with Crippen molar-refractivity contribution >= 4 is 58.9 Å². The van der Waals surface area contributed by atoms with Crippen molar-refractivity contribution in [1.29, 1.82) is 0 Å². The molecule has 582 valence electrons. The van der Waals surface area contributed by atoms with Gasteiger partial charge in [-0.15, -0.1) is 0 Å². The molecule has 2 aliphatic rings. The van der Waals surface area contributed by atoms with Crippen LogP contribution in [0.25, 0.3) is 22.3 Å². The number of ether oxygens (including phenoxy) is 8. The molecule has 0 radical (unpaired) electrons. The SMILES string of the molecule is CC(C)c1[c-]c(C(C)C)cc(C(C)C)c1.COc1c#cc(OC)cc1.COc1ccc(OC)c(-c2c(C(C)C)cc(C(C)C)cc2C(C)C)c1I.COc1ccc(OC)c(F)c1.COc1ccc(OC)c(P(C2CCCCC2)C2CCCCC2)c1-c1c(C(C)C)cc(C(C)C)cc1C(C)C.[Br-].[CH2-]CCC.[Li+].[Mg+2]. The monoisotopic (exact) mass is 1660 g/mol. The molecule has 14 heteroatoms. The minimum atomic E-state index is -0.410. The topological polar surface area (TPSA) is 73.8 Å². The summed E-state index contributed by atoms with van der Waals surface area (Å²) in [5.74, 6) is 10.0. The molecular weight excluding hydrogens is 1530 g/mol. The zero-order valence-electron chi connectivity index (χ0n) is 71.3. The van der Waals surface area contributed by atoms with E-state index in [9.17, 15) is 4.39 Å². The molecule has 7 aromatic carbocycles. The average molecular weight is 1670 g/mol. The second-order valence-corrected chi connectivity index (χ2v) is 34.1. The summed E-state index contributed by atoms with van der Waals surface area (Å²) in [6.07, 6.45) is 16.1. The van der Waals surface area contributed by atoms with Crippen LogP contribution in [0.3, 0.4) is 0 Å². The van der Waals surface area contributed by atoms with Crippen LogP contribution in [0.2, 0.25) is 0 Å². The second-order valence-electron chi connectivity index (χ2n) is 30.3. The van der Waals surface area contributed by atoms with E-state index < -0.39 is 5.82 Å². The van der Waals surface area contributed by atoms with Crippen molar-refractivity contribution in [3.05, 3.63) is 176 Å². The molecular formula is C93H133BrFILiMgO8P. The van der Waals surface area contributed by atoms with Crippen LogP contribution in [0.5, 0.6) is 46.0 Å². The number of rotatable bonds is 23. The summed E-state index contributed by atoms with van der Waals surface area (Å²) in [5, 5.41) is 1.52. The predicted octanol–water partition coefficient (Wildman–Crippen LogP) is 21.1. The molecule has 2 aliphatic carbocycles. The molecule has 0 aliphatic heterocycles. The standard InChI is InChI=1S/C35H53O2P.C23H31IO2.C15H23.C8H9FO2.C8H8O2.C4H9.BrH.Li.Mg/c1-23(2)26-21-29(24(3)4)33(30(22-26)25(5)6)34-31(36-7)19-20-32(37-8)35(34)38(27-15-11-9-12-16-27)28-17-13-10-14-18-28;1-13(2)16-11-17(14(3)4)21(18(12-16)15(5)6)22-19(25-7)9-10-20(26-8)23(22)24;1-10(2)13-7-14(11(3)4)9-15(8-13)12(5)6;1-10-6-3-4-8(11-2)7(9)5-6;1-9-7-3-5-8(10-2)6-4-7;1-3-4-2;;;/h19-25,27-28H,9-18H2,1-8H3;9-15H,1-8H3;7-8,10-12H,1-6H3;3-5H,1-2H3;3,5H,1-2H3;1,3-4H2,2H3;1H;;/q;;-1;;;-1;;+1;+2/p-1. The van der Waals surface area contributed by atoms with Crippen LogP contribution in [0.15, 0.2) is 91.0 Å². The molecule has 9 rings (SSSR count). The molecule has 8 nitrogen and oxygen atoms in total. The molecule has 107 heavy (non-hydrogen) atoms. The molecule has 7 aromatic rings. The Morgan fingerprint density at radius 3 is 1.05 bits per heavy atom. The Balaban J connectivity index is 0.000000715. The van der Waals surface area contributed by atoms with Crippen LogP contribution >= 0.6 is 30.5 Å². The maximum atomic E-state index is 12.8. The fourth-order valence-corrected chi connectivity index (χ4v) is 18.3. The van der Waals surface area contributed by atoms with E-state index in [-0.39, 0.29) is 72.6 Å². The zero-order chi connectivity index (χ0) is 77.7. The van der Waals surface area contributed by atoms with Gasteiger partial charge in [0.2, 0.25) is 0 Å². The first-order valence-corrected chi connectivity index (χ1v) is 41.1. The van der Waals surface area contributed by atoms with Crippen molar-refractivity contribution in [2.24, 2.45) is 0 Å². The van der Waals surface area contributed by atoms with Gasteiger partial charge < -0.3 is 61.8 Å². The maximum Gasteiger partial charge on any atom is 2.00 e. The third kappa shape index (κ3) is 29.3. The molecule has 0 N–H and O–H groups in total. The Kier molecular flexibility index (Phi) is 48.3. The summed E-state index contributed by atoms with van der Waals surface area (Å²) < 4.78 is 57.1. The van der Waals surface area contributed by atoms with Gasteiger partial charge in [-0.3, -0.25) is 0 Å². The molecule has 0 spiro atoms. The van der Waals surface area contributed by atoms with Gasteiger partial charge in [-0.1, -0.05) is 209 Å². The fraction of sp³-hybridized carbons (Fsp3) is 0.538. The summed E-state index contributed by atoms with van der Waals surface area (Å²) in [6, 6.07) is 39.8. The zero-order valence-corrected chi connectivity index (χ0v) is 77.3. The molecule has 0 bridgehead atoms. The normalized spacial score (nSPS) is 12.7. The smallest absolute Gasteiger partial charge is 1.00 e. The van der Waals surface area contributed by atoms with Crippen LogP contribution in [-0.4, -0.2) is 91.2 Å². The minimum absolute atomic E-state index is 0. The average Bonchev–Trinajstić information content (AvgIpc) is 0.729. The molecule has 0 unspecified atom stereocenters. The van der Waals surface area contributed by atoms with E-state index in [0.29, 0.717) is 70.5 Å². The number of unbranched alkanes of at least 4 members (excludes halogenated alkanes) is 1. The first kappa shape index (κ1) is 101. The summed E-state index contributed by atoms with van der Waals surface area (Å²) in [5.41, 5.74) is 19.5. The molecule has 0 amide bonds. The van der Waals surface area contributed by atoms with Gasteiger partial charge in [0.1, 0.15) is 28.7 Å². The van der Waals surface area contributed by atoms with Crippen molar-refractivity contribution in [3.8, 4) is 68.2 Å². The van der Waals surface area contributed by atoms with Crippen LogP contribution in [0.1, 0.15) is 312 Å². The number of methoxy groups -OCH3 is 8. The predicted molar refractivity (Wildman–Crippen MR) is 458 cm³/mol. The summed E-state index contributed by atoms with van der Waals surface area (Å²) in [7, 11) is 12.9. The summed E-state index contributed by atoms with van der Waals surface area (Å²) in [6.45, 7) is 46.9. The number of halogens is 3. The molecule has 0 atom stereocenters. The van der Waals surface area contributed by atoms with Crippen LogP contribution in [-0.2, 0) is 0 Å². The van der Waals surface area contributed by atoms with Crippen molar-refractivity contribution in [1.82, 2.24) is 0 Å². The fourth-order valence-electron chi connectivity index (χ4n) is 13.3. The van der Waals surface area contributed by atoms with Gasteiger partial charge in [0.05, 0.1) is 60.4 Å². The van der Waals surface area contributed by atoms with E-state index in [2.05, 4.69) is 228 Å². The van der Waals surface area contributed by atoms with Crippen LogP contribution in [0, 0.1) is 34.5 Å². The van der Waals surface area contributed by atoms with E-state index in [4.69, 9.17) is 37.9 Å². The van der Waals surface area contributed by atoms with Gasteiger partial charge in [0.25, 0.3) is 0 Å². The largest absolute Gasteiger partial charge is 2.00 e. The van der Waals surface area contributed by atoms with Crippen molar-refractivity contribution in [2.75, 3.05) is 56.9 Å². The van der Waals surface area contributed by atoms with E-state index in [1.54, 1.807) is 46.6 Å². The van der Waals surface area contributed by atoms with Gasteiger partial charge in [-0.25, -0.2) is 4.39 Å². The van der Waals surface area contributed by atoms with Crippen molar-refractivity contribution in [3.63, 3.8) is 0 Å². The number of benzene rings is 6. The number of hydrogen-bond acceptors (Lipinski definition) is 8. The Labute approximate surface area is 704 Å². The van der Waals surface area contributed by atoms with E-state index in [0.717, 1.165) is 49.9 Å². The number of hydrogen-bond donors (Lipinski definition) is 0. The van der Waals surface area contributed by atoms with Gasteiger partial charge in [0.15, 0.2) is 23.1 Å². The van der Waals surface area contributed by atoms with Crippen molar-refractivity contribution in [2.45, 2.75) is 273 Å². The molecule has 2 fully saturated rings. The third-order valence-electron chi connectivity index (χ3n) is 19.7. The minimum Gasteiger partial charge on any atom is -1.00 e. The van der Waals surface area contributed by atoms with E-state index in [1.165, 1.54) is 169 Å². The van der Waals surface area contributed by atoms with Gasteiger partial charge >= 0.3 is 41.9 Å².